The van der Waals surface area contributed by atoms with Crippen molar-refractivity contribution >= 4 is 0 Å². The highest BCUT2D eigenvalue weighted by molar-refractivity contribution is 5.28. The maximum absolute atomic E-state index is 10.2. The molecule has 1 heteroatoms. The summed E-state index contributed by atoms with van der Waals surface area (Å²) in [4.78, 5) is 0. The minimum Gasteiger partial charge on any atom is -0.393 e. The Balaban J connectivity index is 1.54. The molecule has 0 aromatic carbocycles. The fraction of sp³-hybridized carbons (Fsp3) is 0.857. The first-order valence-electron chi connectivity index (χ1n) is 12.7. The maximum Gasteiger partial charge on any atom is 0.0543 e. The minimum atomic E-state index is -0.0476. The number of rotatable bonds is 4. The second kappa shape index (κ2) is 7.85. The van der Waals surface area contributed by atoms with Gasteiger partial charge in [-0.3, -0.25) is 0 Å². The molecule has 3 fully saturated rings. The molecule has 9 atom stereocenters. The van der Waals surface area contributed by atoms with Crippen molar-refractivity contribution < 1.29 is 5.11 Å². The molecule has 4 aliphatic carbocycles. The molecule has 3 saturated carbocycles. The summed E-state index contributed by atoms with van der Waals surface area (Å²) < 4.78 is 0. The lowest BCUT2D eigenvalue weighted by Gasteiger charge is -2.57. The zero-order valence-electron chi connectivity index (χ0n) is 20.0. The van der Waals surface area contributed by atoms with Gasteiger partial charge in [0.15, 0.2) is 0 Å². The summed E-state index contributed by atoms with van der Waals surface area (Å²) in [5.74, 6) is 5.25. The van der Waals surface area contributed by atoms with Crippen LogP contribution in [0.2, 0.25) is 0 Å². The van der Waals surface area contributed by atoms with Gasteiger partial charge < -0.3 is 5.11 Å². The molecule has 1 N–H and O–H groups in total. The molecule has 0 saturated heterocycles. The summed E-state index contributed by atoms with van der Waals surface area (Å²) in [7, 11) is 0. The molecule has 0 aromatic rings. The average Bonchev–Trinajstić information content (AvgIpc) is 3.03. The number of hydrogen-bond acceptors (Lipinski definition) is 1. The van der Waals surface area contributed by atoms with E-state index >= 15 is 0 Å². The predicted octanol–water partition coefficient (Wildman–Crippen LogP) is 7.41. The van der Waals surface area contributed by atoms with Crippen LogP contribution in [-0.4, -0.2) is 11.2 Å². The first kappa shape index (κ1) is 21.7. The zero-order valence-corrected chi connectivity index (χ0v) is 20.0. The van der Waals surface area contributed by atoms with E-state index in [-0.39, 0.29) is 6.10 Å². The van der Waals surface area contributed by atoms with Gasteiger partial charge in [-0.1, -0.05) is 65.3 Å². The van der Waals surface area contributed by atoms with Gasteiger partial charge in [0.05, 0.1) is 6.10 Å². The lowest BCUT2D eigenvalue weighted by molar-refractivity contribution is -0.0414. The Morgan fingerprint density at radius 3 is 2.34 bits per heavy atom. The van der Waals surface area contributed by atoms with E-state index in [1.165, 1.54) is 38.5 Å². The van der Waals surface area contributed by atoms with Crippen LogP contribution in [0, 0.1) is 52.3 Å². The van der Waals surface area contributed by atoms with Crippen LogP contribution in [0.25, 0.3) is 0 Å². The monoisotopic (exact) mass is 398 g/mol. The van der Waals surface area contributed by atoms with Crippen LogP contribution in [0.1, 0.15) is 92.9 Å². The molecule has 0 aromatic heterocycles. The van der Waals surface area contributed by atoms with Gasteiger partial charge in [-0.25, -0.2) is 0 Å². The normalized spacial score (nSPS) is 46.8. The third kappa shape index (κ3) is 3.58. The number of hydrogen-bond donors (Lipinski definition) is 1. The largest absolute Gasteiger partial charge is 0.393 e. The summed E-state index contributed by atoms with van der Waals surface area (Å²) in [6.07, 6.45) is 17.8. The van der Waals surface area contributed by atoms with Crippen molar-refractivity contribution in [1.82, 2.24) is 0 Å². The van der Waals surface area contributed by atoms with E-state index in [9.17, 15) is 5.11 Å². The predicted molar refractivity (Wildman–Crippen MR) is 124 cm³/mol. The maximum atomic E-state index is 10.2. The number of allylic oxidation sites excluding steroid dienone is 4. The number of aliphatic hydroxyl groups is 1. The van der Waals surface area contributed by atoms with E-state index in [4.69, 9.17) is 0 Å². The van der Waals surface area contributed by atoms with Gasteiger partial charge in [0.25, 0.3) is 0 Å². The van der Waals surface area contributed by atoms with E-state index in [2.05, 4.69) is 59.8 Å². The van der Waals surface area contributed by atoms with Gasteiger partial charge in [0.2, 0.25) is 0 Å². The standard InChI is InChI=1S/C28H46O/c1-18(2)19(3)7-8-20(4)24-11-12-25-23-10-9-21-17-22(29)13-15-27(21,5)26(23)14-16-28(24,25)6/h7-8,10,18-22,24-26,29H,9,11-17H2,1-6H3/b8-7+/t19-,20+,21+,22+,24-,25+,26-,27+,28+/m0/s1. The Kier molecular flexibility index (Phi) is 5.86. The van der Waals surface area contributed by atoms with Crippen molar-refractivity contribution in [2.45, 2.75) is 99.0 Å². The van der Waals surface area contributed by atoms with Gasteiger partial charge in [-0.15, -0.1) is 0 Å². The summed E-state index contributed by atoms with van der Waals surface area (Å²) in [6, 6.07) is 0. The van der Waals surface area contributed by atoms with Crippen molar-refractivity contribution in [2.75, 3.05) is 0 Å². The molecular weight excluding hydrogens is 352 g/mol. The molecule has 29 heavy (non-hydrogen) atoms. The van der Waals surface area contributed by atoms with Crippen molar-refractivity contribution in [1.29, 1.82) is 0 Å². The summed E-state index contributed by atoms with van der Waals surface area (Å²) in [5.41, 5.74) is 2.79. The first-order valence-corrected chi connectivity index (χ1v) is 12.7. The van der Waals surface area contributed by atoms with Crippen molar-refractivity contribution in [2.24, 2.45) is 52.3 Å². The Bertz CT molecular complexity index is 659. The highest BCUT2D eigenvalue weighted by atomic mass is 16.3. The van der Waals surface area contributed by atoms with Crippen molar-refractivity contribution in [3.63, 3.8) is 0 Å². The summed E-state index contributed by atoms with van der Waals surface area (Å²) in [5, 5.41) is 10.2. The van der Waals surface area contributed by atoms with Gasteiger partial charge in [0, 0.05) is 0 Å². The van der Waals surface area contributed by atoms with Crippen LogP contribution in [0.3, 0.4) is 0 Å². The molecule has 0 aliphatic heterocycles. The molecule has 164 valence electrons. The Morgan fingerprint density at radius 1 is 0.931 bits per heavy atom. The topological polar surface area (TPSA) is 20.2 Å². The van der Waals surface area contributed by atoms with Crippen LogP contribution >= 0.6 is 0 Å². The van der Waals surface area contributed by atoms with Crippen LogP contribution in [0.5, 0.6) is 0 Å². The molecule has 0 unspecified atom stereocenters. The molecule has 0 amide bonds. The molecule has 4 aliphatic rings. The van der Waals surface area contributed by atoms with Gasteiger partial charge in [-0.05, 0) is 104 Å². The highest BCUT2D eigenvalue weighted by Gasteiger charge is 2.57. The SMILES string of the molecule is CC(C)[C@@H](C)/C=C/[C@@H](C)[C@@H]1CC[C@@H]2C3=CC[C@@H]4C[C@H](O)CC[C@@]4(C)[C@H]3CC[C@@]21C. The van der Waals surface area contributed by atoms with Crippen LogP contribution in [0.15, 0.2) is 23.8 Å². The van der Waals surface area contributed by atoms with Gasteiger partial charge >= 0.3 is 0 Å². The first-order chi connectivity index (χ1) is 13.7. The smallest absolute Gasteiger partial charge is 0.0543 e. The van der Waals surface area contributed by atoms with E-state index in [1.807, 2.05) is 5.57 Å². The van der Waals surface area contributed by atoms with Crippen LogP contribution in [0.4, 0.5) is 0 Å². The molecule has 0 radical (unpaired) electrons. The van der Waals surface area contributed by atoms with Crippen molar-refractivity contribution in [3.05, 3.63) is 23.8 Å². The Hall–Kier alpha value is -0.560. The second-order valence-corrected chi connectivity index (χ2v) is 12.3. The third-order valence-electron chi connectivity index (χ3n) is 10.5. The molecule has 1 nitrogen and oxygen atoms in total. The van der Waals surface area contributed by atoms with E-state index in [0.717, 1.165) is 36.5 Å². The second-order valence-electron chi connectivity index (χ2n) is 12.3. The molecule has 0 spiro atoms. The molecule has 4 rings (SSSR count). The van der Waals surface area contributed by atoms with Gasteiger partial charge in [-0.2, -0.15) is 0 Å². The average molecular weight is 399 g/mol. The molecule has 0 bridgehead atoms. The van der Waals surface area contributed by atoms with Crippen LogP contribution in [-0.2, 0) is 0 Å². The van der Waals surface area contributed by atoms with E-state index in [0.29, 0.717) is 28.6 Å². The molecule has 0 heterocycles. The Labute approximate surface area is 180 Å². The lowest BCUT2D eigenvalue weighted by atomic mass is 9.47. The Morgan fingerprint density at radius 2 is 1.62 bits per heavy atom. The zero-order chi connectivity index (χ0) is 21.0. The van der Waals surface area contributed by atoms with Crippen LogP contribution < -0.4 is 0 Å². The lowest BCUT2D eigenvalue weighted by Crippen LogP contribution is -2.49. The fourth-order valence-electron chi connectivity index (χ4n) is 8.10. The number of aliphatic hydroxyl groups excluding tert-OH is 1. The van der Waals surface area contributed by atoms with E-state index in [1.54, 1.807) is 0 Å². The van der Waals surface area contributed by atoms with E-state index < -0.39 is 0 Å². The summed E-state index contributed by atoms with van der Waals surface area (Å²) >= 11 is 0. The minimum absolute atomic E-state index is 0.0476. The summed E-state index contributed by atoms with van der Waals surface area (Å²) in [6.45, 7) is 14.7. The molecular formula is C28H46O. The third-order valence-corrected chi connectivity index (χ3v) is 10.5. The number of fused-ring (bicyclic) bond motifs is 5. The highest BCUT2D eigenvalue weighted by Crippen LogP contribution is 2.66. The fourth-order valence-corrected chi connectivity index (χ4v) is 8.10. The van der Waals surface area contributed by atoms with Crippen molar-refractivity contribution in [3.8, 4) is 0 Å². The quantitative estimate of drug-likeness (QED) is 0.489. The van der Waals surface area contributed by atoms with Gasteiger partial charge in [0.1, 0.15) is 0 Å².